The van der Waals surface area contributed by atoms with Gasteiger partial charge in [0.15, 0.2) is 9.84 Å². The van der Waals surface area contributed by atoms with E-state index in [1.807, 2.05) is 12.1 Å². The minimum atomic E-state index is -2.98. The lowest BCUT2D eigenvalue weighted by atomic mass is 10.1. The fourth-order valence-corrected chi connectivity index (χ4v) is 3.15. The van der Waals surface area contributed by atoms with Gasteiger partial charge >= 0.3 is 0 Å². The Balaban J connectivity index is 2.14. The summed E-state index contributed by atoms with van der Waals surface area (Å²) in [6.45, 7) is 1.98. The van der Waals surface area contributed by atoms with Gasteiger partial charge in [-0.25, -0.2) is 8.42 Å². The number of rotatable bonds is 6. The first-order valence-corrected chi connectivity index (χ1v) is 8.73. The highest BCUT2D eigenvalue weighted by Gasteiger charge is 2.14. The predicted octanol–water partition coefficient (Wildman–Crippen LogP) is 1.63. The van der Waals surface area contributed by atoms with Gasteiger partial charge in [-0.15, -0.1) is 0 Å². The summed E-state index contributed by atoms with van der Waals surface area (Å²) in [5.74, 6) is 0.676. The van der Waals surface area contributed by atoms with E-state index in [4.69, 9.17) is 5.73 Å². The Bertz CT molecular complexity index is 668. The SMILES string of the molecule is CCS(=O)(=O)CCNc1snc(N)c1-c1ccncc1. The summed E-state index contributed by atoms with van der Waals surface area (Å²) in [6.07, 6.45) is 3.36. The van der Waals surface area contributed by atoms with Crippen LogP contribution >= 0.6 is 11.5 Å². The summed E-state index contributed by atoms with van der Waals surface area (Å²) >= 11 is 1.23. The fraction of sp³-hybridized carbons (Fsp3) is 0.333. The Labute approximate surface area is 122 Å². The smallest absolute Gasteiger partial charge is 0.151 e. The first-order valence-electron chi connectivity index (χ1n) is 6.13. The van der Waals surface area contributed by atoms with Crippen molar-refractivity contribution in [3.63, 3.8) is 0 Å². The average Bonchev–Trinajstić information content (AvgIpc) is 2.81. The van der Waals surface area contributed by atoms with Crippen molar-refractivity contribution >= 4 is 32.2 Å². The van der Waals surface area contributed by atoms with Crippen LogP contribution in [0.4, 0.5) is 10.8 Å². The van der Waals surface area contributed by atoms with E-state index in [2.05, 4.69) is 14.7 Å². The van der Waals surface area contributed by atoms with Gasteiger partial charge in [0.1, 0.15) is 10.8 Å². The number of pyridine rings is 1. The van der Waals surface area contributed by atoms with Gasteiger partial charge in [0.05, 0.1) is 11.3 Å². The second-order valence-electron chi connectivity index (χ2n) is 4.17. The van der Waals surface area contributed by atoms with Gasteiger partial charge in [-0.1, -0.05) is 6.92 Å². The Morgan fingerprint density at radius 2 is 2.05 bits per heavy atom. The van der Waals surface area contributed by atoms with Crippen LogP contribution in [-0.4, -0.2) is 35.8 Å². The average molecular weight is 312 g/mol. The minimum Gasteiger partial charge on any atom is -0.382 e. The second-order valence-corrected chi connectivity index (χ2v) is 7.42. The quantitative estimate of drug-likeness (QED) is 0.841. The van der Waals surface area contributed by atoms with Crippen molar-refractivity contribution in [1.29, 1.82) is 0 Å². The minimum absolute atomic E-state index is 0.0943. The summed E-state index contributed by atoms with van der Waals surface area (Å²) in [4.78, 5) is 3.96. The van der Waals surface area contributed by atoms with Crippen LogP contribution in [0.25, 0.3) is 11.1 Å². The summed E-state index contributed by atoms with van der Waals surface area (Å²) in [5, 5.41) is 3.88. The van der Waals surface area contributed by atoms with E-state index < -0.39 is 9.84 Å². The summed E-state index contributed by atoms with van der Waals surface area (Å²) in [7, 11) is -2.98. The predicted molar refractivity (Wildman–Crippen MR) is 82.6 cm³/mol. The topological polar surface area (TPSA) is 98.0 Å². The van der Waals surface area contributed by atoms with E-state index in [9.17, 15) is 8.42 Å². The molecule has 0 radical (unpaired) electrons. The van der Waals surface area contributed by atoms with Gasteiger partial charge in [-0.3, -0.25) is 4.98 Å². The number of nitrogens with two attached hydrogens (primary N) is 1. The van der Waals surface area contributed by atoms with E-state index in [-0.39, 0.29) is 11.5 Å². The fourth-order valence-electron chi connectivity index (χ4n) is 1.69. The van der Waals surface area contributed by atoms with Crippen molar-refractivity contribution < 1.29 is 8.42 Å². The third-order valence-corrected chi connectivity index (χ3v) is 5.35. The number of nitrogens with zero attached hydrogens (tertiary/aromatic N) is 2. The first kappa shape index (κ1) is 14.7. The lowest BCUT2D eigenvalue weighted by Crippen LogP contribution is -2.17. The first-order chi connectivity index (χ1) is 9.53. The molecule has 2 aromatic heterocycles. The number of nitrogens with one attached hydrogen (secondary N) is 1. The van der Waals surface area contributed by atoms with Crippen molar-refractivity contribution in [1.82, 2.24) is 9.36 Å². The van der Waals surface area contributed by atoms with Crippen LogP contribution in [0.1, 0.15) is 6.92 Å². The van der Waals surface area contributed by atoms with Crippen LogP contribution in [0.2, 0.25) is 0 Å². The molecule has 6 nitrogen and oxygen atoms in total. The molecular formula is C12H16N4O2S2. The highest BCUT2D eigenvalue weighted by Crippen LogP contribution is 2.36. The van der Waals surface area contributed by atoms with Crippen LogP contribution in [0.15, 0.2) is 24.5 Å². The van der Waals surface area contributed by atoms with Crippen LogP contribution in [0, 0.1) is 0 Å². The molecule has 0 saturated carbocycles. The number of nitrogen functional groups attached to an aromatic ring is 1. The molecule has 20 heavy (non-hydrogen) atoms. The zero-order valence-corrected chi connectivity index (χ0v) is 12.7. The number of hydrogen-bond acceptors (Lipinski definition) is 7. The molecule has 0 saturated heterocycles. The molecule has 2 heterocycles. The number of hydrogen-bond donors (Lipinski definition) is 2. The van der Waals surface area contributed by atoms with Crippen molar-refractivity contribution in [2.45, 2.75) is 6.92 Å². The summed E-state index contributed by atoms with van der Waals surface area (Å²) in [5.41, 5.74) is 7.58. The van der Waals surface area contributed by atoms with Crippen molar-refractivity contribution in [3.05, 3.63) is 24.5 Å². The molecule has 0 aliphatic carbocycles. The van der Waals surface area contributed by atoms with E-state index in [0.29, 0.717) is 12.4 Å². The maximum Gasteiger partial charge on any atom is 0.151 e. The summed E-state index contributed by atoms with van der Waals surface area (Å²) in [6, 6.07) is 3.68. The Kier molecular flexibility index (Phi) is 4.56. The molecule has 108 valence electrons. The van der Waals surface area contributed by atoms with E-state index in [0.717, 1.165) is 16.1 Å². The summed E-state index contributed by atoms with van der Waals surface area (Å²) < 4.78 is 27.0. The normalized spacial score (nSPS) is 11.4. The zero-order valence-electron chi connectivity index (χ0n) is 11.0. The molecule has 0 fully saturated rings. The molecule has 2 rings (SSSR count). The Hall–Kier alpha value is -1.67. The van der Waals surface area contributed by atoms with Gasteiger partial charge in [0, 0.05) is 24.7 Å². The van der Waals surface area contributed by atoms with Crippen LogP contribution in [-0.2, 0) is 9.84 Å². The number of anilines is 2. The van der Waals surface area contributed by atoms with Gasteiger partial charge in [-0.05, 0) is 29.2 Å². The maximum absolute atomic E-state index is 11.5. The third kappa shape index (κ3) is 3.45. The lowest BCUT2D eigenvalue weighted by molar-refractivity contribution is 0.597. The highest BCUT2D eigenvalue weighted by molar-refractivity contribution is 7.91. The zero-order chi connectivity index (χ0) is 14.6. The molecule has 0 atom stereocenters. The van der Waals surface area contributed by atoms with Crippen LogP contribution in [0.5, 0.6) is 0 Å². The van der Waals surface area contributed by atoms with Crippen molar-refractivity contribution in [2.75, 3.05) is 29.1 Å². The Morgan fingerprint density at radius 1 is 1.35 bits per heavy atom. The van der Waals surface area contributed by atoms with Crippen LogP contribution in [0.3, 0.4) is 0 Å². The maximum atomic E-state index is 11.5. The van der Waals surface area contributed by atoms with Gasteiger partial charge in [-0.2, -0.15) is 4.37 Å². The van der Waals surface area contributed by atoms with E-state index in [1.54, 1.807) is 19.3 Å². The molecule has 3 N–H and O–H groups in total. The molecule has 0 unspecified atom stereocenters. The molecule has 8 heteroatoms. The standard InChI is InChI=1S/C12H16N4O2S2/c1-2-20(17,18)8-7-15-12-10(11(13)16-19-12)9-3-5-14-6-4-9/h3-6,15H,2,7-8H2,1H3,(H2,13,16). The van der Waals surface area contributed by atoms with Crippen molar-refractivity contribution in [3.8, 4) is 11.1 Å². The van der Waals surface area contributed by atoms with E-state index in [1.165, 1.54) is 11.5 Å². The highest BCUT2D eigenvalue weighted by atomic mass is 32.2. The molecule has 0 aromatic carbocycles. The van der Waals surface area contributed by atoms with Crippen molar-refractivity contribution in [2.24, 2.45) is 0 Å². The Morgan fingerprint density at radius 3 is 2.70 bits per heavy atom. The molecule has 0 aliphatic rings. The molecule has 0 amide bonds. The van der Waals surface area contributed by atoms with E-state index >= 15 is 0 Å². The lowest BCUT2D eigenvalue weighted by Gasteiger charge is -2.07. The monoisotopic (exact) mass is 312 g/mol. The molecule has 0 aliphatic heterocycles. The molecule has 0 spiro atoms. The number of sulfone groups is 1. The molecule has 0 bridgehead atoms. The van der Waals surface area contributed by atoms with Gasteiger partial charge in [0.2, 0.25) is 0 Å². The van der Waals surface area contributed by atoms with Gasteiger partial charge in [0.25, 0.3) is 0 Å². The third-order valence-electron chi connectivity index (χ3n) is 2.83. The van der Waals surface area contributed by atoms with Crippen LogP contribution < -0.4 is 11.1 Å². The molecule has 2 aromatic rings. The van der Waals surface area contributed by atoms with Gasteiger partial charge < -0.3 is 11.1 Å². The number of aromatic nitrogens is 2. The largest absolute Gasteiger partial charge is 0.382 e. The molecular weight excluding hydrogens is 296 g/mol. The second kappa shape index (κ2) is 6.19.